The third-order valence-electron chi connectivity index (χ3n) is 5.03. The molecule has 1 rings (SSSR count). The normalized spacial score (nSPS) is 13.4. The number of hydrogen-bond donors (Lipinski definition) is 1. The number of unbranched alkanes of at least 4 members (excludes halogenated alkanes) is 4. The first-order valence-corrected chi connectivity index (χ1v) is 12.2. The van der Waals surface area contributed by atoms with Crippen molar-refractivity contribution in [3.05, 3.63) is 42.0 Å². The highest BCUT2D eigenvalue weighted by Crippen LogP contribution is 2.20. The third-order valence-corrected chi connectivity index (χ3v) is 5.03. The highest BCUT2D eigenvalue weighted by Gasteiger charge is 2.27. The number of ether oxygens (including phenoxy) is 3. The SMILES string of the molecule is CCCCCCCOc1ccc(CC[C@](C)(/C=C/C(=O)OCC)NC(=O)OC(C)(C)C)cc1. The van der Waals surface area contributed by atoms with E-state index >= 15 is 0 Å². The first kappa shape index (κ1) is 28.5. The van der Waals surface area contributed by atoms with Gasteiger partial charge in [0.2, 0.25) is 0 Å². The van der Waals surface area contributed by atoms with Crippen LogP contribution in [0.5, 0.6) is 5.75 Å². The lowest BCUT2D eigenvalue weighted by molar-refractivity contribution is -0.137. The summed E-state index contributed by atoms with van der Waals surface area (Å²) in [5.41, 5.74) is -0.267. The molecule has 6 heteroatoms. The Hall–Kier alpha value is -2.50. The number of alkyl carbamates (subject to hydrolysis) is 1. The van der Waals surface area contributed by atoms with E-state index in [4.69, 9.17) is 14.2 Å². The molecule has 1 amide bonds. The smallest absolute Gasteiger partial charge is 0.408 e. The summed E-state index contributed by atoms with van der Waals surface area (Å²) >= 11 is 0. The van der Waals surface area contributed by atoms with Crippen LogP contribution in [0.15, 0.2) is 36.4 Å². The molecule has 0 aromatic heterocycles. The monoisotopic (exact) mass is 461 g/mol. The number of nitrogens with one attached hydrogen (secondary N) is 1. The van der Waals surface area contributed by atoms with Gasteiger partial charge in [0.15, 0.2) is 0 Å². The van der Waals surface area contributed by atoms with E-state index in [-0.39, 0.29) is 0 Å². The summed E-state index contributed by atoms with van der Waals surface area (Å²) in [5.74, 6) is 0.428. The summed E-state index contributed by atoms with van der Waals surface area (Å²) in [6.45, 7) is 12.3. The lowest BCUT2D eigenvalue weighted by Crippen LogP contribution is -2.47. The van der Waals surface area contributed by atoms with Crippen molar-refractivity contribution in [1.82, 2.24) is 5.32 Å². The molecule has 0 radical (unpaired) electrons. The van der Waals surface area contributed by atoms with E-state index in [0.29, 0.717) is 19.4 Å². The molecule has 0 spiro atoms. The number of aryl methyl sites for hydroxylation is 1. The molecule has 0 fully saturated rings. The maximum absolute atomic E-state index is 12.4. The first-order valence-electron chi connectivity index (χ1n) is 12.2. The summed E-state index contributed by atoms with van der Waals surface area (Å²) in [4.78, 5) is 24.2. The van der Waals surface area contributed by atoms with Crippen LogP contribution in [0.4, 0.5) is 4.79 Å². The first-order chi connectivity index (χ1) is 15.6. The van der Waals surface area contributed by atoms with Gasteiger partial charge in [0.25, 0.3) is 0 Å². The molecule has 0 aliphatic carbocycles. The van der Waals surface area contributed by atoms with Crippen LogP contribution in [0, 0.1) is 0 Å². The Kier molecular flexibility index (Phi) is 12.6. The molecular formula is C27H43NO5. The lowest BCUT2D eigenvalue weighted by atomic mass is 9.92. The van der Waals surface area contributed by atoms with Crippen LogP contribution in [0.25, 0.3) is 0 Å². The van der Waals surface area contributed by atoms with Gasteiger partial charge in [-0.1, -0.05) is 50.8 Å². The van der Waals surface area contributed by atoms with Crippen LogP contribution in [0.3, 0.4) is 0 Å². The minimum absolute atomic E-state index is 0.298. The van der Waals surface area contributed by atoms with Crippen LogP contribution >= 0.6 is 0 Å². The van der Waals surface area contributed by atoms with Crippen LogP contribution in [-0.4, -0.2) is 36.4 Å². The van der Waals surface area contributed by atoms with E-state index in [1.165, 1.54) is 31.8 Å². The Bertz CT molecular complexity index is 736. The Balaban J connectivity index is 2.69. The molecular weight excluding hydrogens is 418 g/mol. The molecule has 1 aromatic rings. The number of esters is 1. The quantitative estimate of drug-likeness (QED) is 0.198. The maximum atomic E-state index is 12.4. The molecule has 0 unspecified atom stereocenters. The molecule has 0 aliphatic rings. The van der Waals surface area contributed by atoms with Gasteiger partial charge in [-0.25, -0.2) is 9.59 Å². The van der Waals surface area contributed by atoms with E-state index in [1.807, 2.05) is 52.0 Å². The summed E-state index contributed by atoms with van der Waals surface area (Å²) in [6, 6.07) is 8.04. The minimum atomic E-state index is -0.775. The van der Waals surface area contributed by atoms with Crippen LogP contribution in [0.2, 0.25) is 0 Å². The number of amides is 1. The van der Waals surface area contributed by atoms with E-state index < -0.39 is 23.2 Å². The van der Waals surface area contributed by atoms with Crippen molar-refractivity contribution in [2.24, 2.45) is 0 Å². The molecule has 6 nitrogen and oxygen atoms in total. The van der Waals surface area contributed by atoms with Gasteiger partial charge in [0.05, 0.1) is 18.8 Å². The minimum Gasteiger partial charge on any atom is -0.494 e. The zero-order chi connectivity index (χ0) is 24.7. The van der Waals surface area contributed by atoms with Gasteiger partial charge in [-0.15, -0.1) is 0 Å². The second kappa shape index (κ2) is 14.6. The molecule has 0 saturated carbocycles. The molecule has 1 N–H and O–H groups in total. The van der Waals surface area contributed by atoms with E-state index in [2.05, 4.69) is 12.2 Å². The zero-order valence-electron chi connectivity index (χ0n) is 21.4. The van der Waals surface area contributed by atoms with Gasteiger partial charge in [0.1, 0.15) is 11.4 Å². The van der Waals surface area contributed by atoms with E-state index in [9.17, 15) is 9.59 Å². The molecule has 0 bridgehead atoms. The largest absolute Gasteiger partial charge is 0.494 e. The van der Waals surface area contributed by atoms with Gasteiger partial charge in [-0.05, 0) is 71.6 Å². The molecule has 0 aliphatic heterocycles. The Labute approximate surface area is 200 Å². The predicted molar refractivity (Wildman–Crippen MR) is 133 cm³/mol. The van der Waals surface area contributed by atoms with E-state index in [1.54, 1.807) is 13.0 Å². The van der Waals surface area contributed by atoms with Crippen molar-refractivity contribution in [2.45, 2.75) is 97.6 Å². The summed E-state index contributed by atoms with van der Waals surface area (Å²) in [7, 11) is 0. The maximum Gasteiger partial charge on any atom is 0.408 e. The summed E-state index contributed by atoms with van der Waals surface area (Å²) in [6.07, 6.45) is 9.86. The van der Waals surface area contributed by atoms with Crippen molar-refractivity contribution in [2.75, 3.05) is 13.2 Å². The van der Waals surface area contributed by atoms with Crippen molar-refractivity contribution in [3.63, 3.8) is 0 Å². The van der Waals surface area contributed by atoms with Crippen LogP contribution in [0.1, 0.15) is 85.6 Å². The lowest BCUT2D eigenvalue weighted by Gasteiger charge is -2.29. The molecule has 1 aromatic carbocycles. The predicted octanol–water partition coefficient (Wildman–Crippen LogP) is 6.37. The fourth-order valence-corrected chi connectivity index (χ4v) is 3.22. The van der Waals surface area contributed by atoms with Gasteiger partial charge in [-0.2, -0.15) is 0 Å². The third kappa shape index (κ3) is 13.6. The van der Waals surface area contributed by atoms with Gasteiger partial charge in [0, 0.05) is 6.08 Å². The number of carbonyl (C=O) groups is 2. The second-order valence-electron chi connectivity index (χ2n) is 9.54. The van der Waals surface area contributed by atoms with E-state index in [0.717, 1.165) is 24.3 Å². The standard InChI is InChI=1S/C27H43NO5/c1-7-9-10-11-12-21-32-23-15-13-22(14-16-23)17-19-27(6,20-18-24(29)31-8-2)28-25(30)33-26(3,4)5/h13-16,18,20H,7-12,17,19,21H2,1-6H3,(H,28,30)/b20-18+/t27-/m1/s1. The topological polar surface area (TPSA) is 73.9 Å². The van der Waals surface area contributed by atoms with Crippen molar-refractivity contribution >= 4 is 12.1 Å². The Morgan fingerprint density at radius 2 is 1.64 bits per heavy atom. The Morgan fingerprint density at radius 3 is 2.24 bits per heavy atom. The number of rotatable bonds is 14. The number of hydrogen-bond acceptors (Lipinski definition) is 5. The number of benzene rings is 1. The average molecular weight is 462 g/mol. The van der Waals surface area contributed by atoms with Crippen molar-refractivity contribution < 1.29 is 23.8 Å². The molecule has 0 saturated heterocycles. The van der Waals surface area contributed by atoms with Crippen molar-refractivity contribution in [3.8, 4) is 5.75 Å². The average Bonchev–Trinajstić information content (AvgIpc) is 2.73. The van der Waals surface area contributed by atoms with Crippen LogP contribution in [-0.2, 0) is 20.7 Å². The summed E-state index contributed by atoms with van der Waals surface area (Å²) in [5, 5.41) is 2.90. The second-order valence-corrected chi connectivity index (χ2v) is 9.54. The summed E-state index contributed by atoms with van der Waals surface area (Å²) < 4.78 is 16.2. The van der Waals surface area contributed by atoms with Gasteiger partial charge < -0.3 is 19.5 Å². The Morgan fingerprint density at radius 1 is 0.970 bits per heavy atom. The van der Waals surface area contributed by atoms with Crippen molar-refractivity contribution in [1.29, 1.82) is 0 Å². The molecule has 33 heavy (non-hydrogen) atoms. The molecule has 186 valence electrons. The zero-order valence-corrected chi connectivity index (χ0v) is 21.4. The highest BCUT2D eigenvalue weighted by atomic mass is 16.6. The van der Waals surface area contributed by atoms with Gasteiger partial charge >= 0.3 is 12.1 Å². The fraction of sp³-hybridized carbons (Fsp3) is 0.630. The highest BCUT2D eigenvalue weighted by molar-refractivity contribution is 5.82. The fourth-order valence-electron chi connectivity index (χ4n) is 3.22. The number of carbonyl (C=O) groups excluding carboxylic acids is 2. The van der Waals surface area contributed by atoms with Gasteiger partial charge in [-0.3, -0.25) is 0 Å². The molecule has 0 heterocycles. The molecule has 1 atom stereocenters. The van der Waals surface area contributed by atoms with Crippen LogP contribution < -0.4 is 10.1 Å².